The number of nitrogens with one attached hydrogen (secondary N) is 1. The van der Waals surface area contributed by atoms with E-state index in [1.807, 2.05) is 11.8 Å². The number of thioether (sulfide) groups is 1. The van der Waals surface area contributed by atoms with Crippen molar-refractivity contribution < 1.29 is 0 Å². The molecule has 0 bridgehead atoms. The van der Waals surface area contributed by atoms with E-state index >= 15 is 0 Å². The largest absolute Gasteiger partial charge is 0.335 e. The van der Waals surface area contributed by atoms with Gasteiger partial charge in [0.15, 0.2) is 5.17 Å². The number of aliphatic imine (C=N–C) groups is 1. The second-order valence-electron chi connectivity index (χ2n) is 5.15. The Kier molecular flexibility index (Phi) is 8.49. The fourth-order valence-corrected chi connectivity index (χ4v) is 3.44. The highest BCUT2D eigenvalue weighted by Crippen LogP contribution is 2.23. The summed E-state index contributed by atoms with van der Waals surface area (Å²) in [5, 5.41) is 4.51. The van der Waals surface area contributed by atoms with Gasteiger partial charge in [-0.05, 0) is 50.5 Å². The number of rotatable bonds is 4. The average Bonchev–Trinajstić information content (AvgIpc) is 2.97. The number of halogens is 2. The maximum atomic E-state index is 4.60. The molecule has 0 atom stereocenters. The summed E-state index contributed by atoms with van der Waals surface area (Å²) in [7, 11) is 0. The quantitative estimate of drug-likeness (QED) is 0.833. The summed E-state index contributed by atoms with van der Waals surface area (Å²) in [6.07, 6.45) is 4.03. The van der Waals surface area contributed by atoms with Crippen molar-refractivity contribution in [3.63, 3.8) is 0 Å². The van der Waals surface area contributed by atoms with Gasteiger partial charge in [-0.15, -0.1) is 24.8 Å². The van der Waals surface area contributed by atoms with Gasteiger partial charge >= 0.3 is 0 Å². The summed E-state index contributed by atoms with van der Waals surface area (Å²) < 4.78 is 0. The summed E-state index contributed by atoms with van der Waals surface area (Å²) in [5.41, 5.74) is 2.52. The van der Waals surface area contributed by atoms with E-state index < -0.39 is 0 Å². The van der Waals surface area contributed by atoms with Gasteiger partial charge in [-0.1, -0.05) is 30.0 Å². The number of hydrogen-bond acceptors (Lipinski definition) is 4. The predicted octanol–water partition coefficient (Wildman–Crippen LogP) is 4.03. The van der Waals surface area contributed by atoms with Gasteiger partial charge in [-0.2, -0.15) is 0 Å². The SMILES string of the molecule is Cl.Cl.c1ccc2c(c1)CN=C(SCCCN1CCCC1)N2. The minimum Gasteiger partial charge on any atom is -0.335 e. The molecule has 118 valence electrons. The number of amidine groups is 1. The zero-order valence-electron chi connectivity index (χ0n) is 12.1. The number of benzene rings is 1. The summed E-state index contributed by atoms with van der Waals surface area (Å²) in [5.74, 6) is 1.16. The standard InChI is InChI=1S/C15H21N3S.2ClH/c1-2-7-14-13(6-1)12-16-15(17-14)19-11-5-10-18-8-3-4-9-18;;/h1-2,6-7H,3-5,8-12H2,(H,16,17);2*1H. The normalized spacial score (nSPS) is 17.0. The van der Waals surface area contributed by atoms with E-state index in [0.29, 0.717) is 0 Å². The van der Waals surface area contributed by atoms with E-state index in [0.717, 1.165) is 17.5 Å². The van der Waals surface area contributed by atoms with Crippen LogP contribution in [0.5, 0.6) is 0 Å². The van der Waals surface area contributed by atoms with Gasteiger partial charge in [0.05, 0.1) is 6.54 Å². The Morgan fingerprint density at radius 2 is 1.90 bits per heavy atom. The maximum Gasteiger partial charge on any atom is 0.161 e. The molecular formula is C15H23Cl2N3S. The molecule has 0 aromatic heterocycles. The van der Waals surface area contributed by atoms with Crippen LogP contribution in [0.3, 0.4) is 0 Å². The first-order chi connectivity index (χ1) is 9.42. The van der Waals surface area contributed by atoms with Crippen LogP contribution in [0.2, 0.25) is 0 Å². The molecule has 0 aliphatic carbocycles. The van der Waals surface area contributed by atoms with Crippen molar-refractivity contribution in [2.24, 2.45) is 4.99 Å². The molecule has 0 radical (unpaired) electrons. The van der Waals surface area contributed by atoms with Crippen LogP contribution in [0.15, 0.2) is 29.3 Å². The molecule has 2 aliphatic heterocycles. The van der Waals surface area contributed by atoms with E-state index in [9.17, 15) is 0 Å². The van der Waals surface area contributed by atoms with Crippen molar-refractivity contribution >= 4 is 47.4 Å². The van der Waals surface area contributed by atoms with Crippen molar-refractivity contribution in [1.82, 2.24) is 4.90 Å². The lowest BCUT2D eigenvalue weighted by atomic mass is 10.1. The first-order valence-corrected chi connectivity index (χ1v) is 8.15. The Bertz CT molecular complexity index is 462. The molecule has 1 N–H and O–H groups in total. The third-order valence-corrected chi connectivity index (χ3v) is 4.71. The Labute approximate surface area is 143 Å². The highest BCUT2D eigenvalue weighted by atomic mass is 35.5. The number of nitrogens with zero attached hydrogens (tertiary/aromatic N) is 2. The molecule has 1 fully saturated rings. The predicted molar refractivity (Wildman–Crippen MR) is 98.4 cm³/mol. The molecule has 0 amide bonds. The highest BCUT2D eigenvalue weighted by molar-refractivity contribution is 8.14. The summed E-state index contributed by atoms with van der Waals surface area (Å²) in [6.45, 7) is 4.67. The molecular weight excluding hydrogens is 325 g/mol. The Morgan fingerprint density at radius 3 is 2.71 bits per heavy atom. The van der Waals surface area contributed by atoms with Gasteiger partial charge in [0, 0.05) is 11.4 Å². The second-order valence-corrected chi connectivity index (χ2v) is 6.24. The van der Waals surface area contributed by atoms with Crippen molar-refractivity contribution in [3.8, 4) is 0 Å². The van der Waals surface area contributed by atoms with E-state index in [1.165, 1.54) is 50.1 Å². The molecule has 0 unspecified atom stereocenters. The van der Waals surface area contributed by atoms with Crippen molar-refractivity contribution in [2.45, 2.75) is 25.8 Å². The Morgan fingerprint density at radius 1 is 1.14 bits per heavy atom. The first kappa shape index (κ1) is 18.6. The number of para-hydroxylation sites is 1. The van der Waals surface area contributed by atoms with Crippen LogP contribution in [0.1, 0.15) is 24.8 Å². The average molecular weight is 348 g/mol. The number of likely N-dealkylation sites (tertiary alicyclic amines) is 1. The minimum atomic E-state index is 0. The van der Waals surface area contributed by atoms with Crippen LogP contribution in [0, 0.1) is 0 Å². The summed E-state index contributed by atoms with van der Waals surface area (Å²) in [6, 6.07) is 8.42. The smallest absolute Gasteiger partial charge is 0.161 e. The summed E-state index contributed by atoms with van der Waals surface area (Å²) >= 11 is 1.86. The van der Waals surface area contributed by atoms with Crippen molar-refractivity contribution in [1.29, 1.82) is 0 Å². The van der Waals surface area contributed by atoms with Crippen molar-refractivity contribution in [3.05, 3.63) is 29.8 Å². The van der Waals surface area contributed by atoms with E-state index in [-0.39, 0.29) is 24.8 Å². The lowest BCUT2D eigenvalue weighted by Crippen LogP contribution is -2.21. The molecule has 2 aliphatic rings. The molecule has 3 nitrogen and oxygen atoms in total. The molecule has 21 heavy (non-hydrogen) atoms. The second kappa shape index (κ2) is 9.57. The molecule has 1 aromatic carbocycles. The van der Waals surface area contributed by atoms with Gasteiger partial charge in [-0.3, -0.25) is 4.99 Å². The number of fused-ring (bicyclic) bond motifs is 1. The third-order valence-electron chi connectivity index (χ3n) is 3.71. The molecule has 0 spiro atoms. The lowest BCUT2D eigenvalue weighted by molar-refractivity contribution is 0.341. The van der Waals surface area contributed by atoms with E-state index in [1.54, 1.807) is 0 Å². The molecule has 1 saturated heterocycles. The topological polar surface area (TPSA) is 27.6 Å². The van der Waals surface area contributed by atoms with Crippen LogP contribution in [-0.2, 0) is 6.54 Å². The van der Waals surface area contributed by atoms with Crippen LogP contribution in [0.25, 0.3) is 0 Å². The molecule has 0 saturated carbocycles. The summed E-state index contributed by atoms with van der Waals surface area (Å²) in [4.78, 5) is 7.17. The van der Waals surface area contributed by atoms with Crippen LogP contribution in [0.4, 0.5) is 5.69 Å². The Hall–Kier alpha value is -0.420. The van der Waals surface area contributed by atoms with Gasteiger partial charge in [0.2, 0.25) is 0 Å². The van der Waals surface area contributed by atoms with Crippen LogP contribution < -0.4 is 5.32 Å². The van der Waals surface area contributed by atoms with Crippen LogP contribution >= 0.6 is 36.6 Å². The van der Waals surface area contributed by atoms with Gasteiger partial charge < -0.3 is 10.2 Å². The minimum absolute atomic E-state index is 0. The first-order valence-electron chi connectivity index (χ1n) is 7.16. The number of anilines is 1. The molecule has 3 rings (SSSR count). The Balaban J connectivity index is 0.00000110. The van der Waals surface area contributed by atoms with Crippen LogP contribution in [-0.4, -0.2) is 35.5 Å². The van der Waals surface area contributed by atoms with Gasteiger partial charge in [0.1, 0.15) is 0 Å². The van der Waals surface area contributed by atoms with E-state index in [2.05, 4.69) is 39.5 Å². The number of hydrogen-bond donors (Lipinski definition) is 1. The molecule has 1 aromatic rings. The zero-order valence-corrected chi connectivity index (χ0v) is 14.5. The zero-order chi connectivity index (χ0) is 12.9. The third kappa shape index (κ3) is 5.37. The fraction of sp³-hybridized carbons (Fsp3) is 0.533. The highest BCUT2D eigenvalue weighted by Gasteiger charge is 2.12. The monoisotopic (exact) mass is 347 g/mol. The van der Waals surface area contributed by atoms with Crippen molar-refractivity contribution in [2.75, 3.05) is 30.7 Å². The maximum absolute atomic E-state index is 4.60. The van der Waals surface area contributed by atoms with Gasteiger partial charge in [-0.25, -0.2) is 0 Å². The lowest BCUT2D eigenvalue weighted by Gasteiger charge is -2.18. The fourth-order valence-electron chi connectivity index (χ4n) is 2.64. The van der Waals surface area contributed by atoms with E-state index in [4.69, 9.17) is 0 Å². The molecule has 6 heteroatoms. The van der Waals surface area contributed by atoms with Gasteiger partial charge in [0.25, 0.3) is 0 Å². The molecule has 2 heterocycles.